The van der Waals surface area contributed by atoms with E-state index in [2.05, 4.69) is 12.6 Å². The normalized spacial score (nSPS) is 11.3. The predicted octanol–water partition coefficient (Wildman–Crippen LogP) is 2.81. The van der Waals surface area contributed by atoms with Gasteiger partial charge < -0.3 is 0 Å². The molecule has 0 saturated carbocycles. The van der Waals surface area contributed by atoms with Crippen LogP contribution in [0.2, 0.25) is 5.02 Å². The number of halogens is 1. The van der Waals surface area contributed by atoms with Crippen molar-refractivity contribution in [3.63, 3.8) is 0 Å². The Morgan fingerprint density at radius 2 is 1.92 bits per heavy atom. The van der Waals surface area contributed by atoms with Crippen LogP contribution in [0.4, 0.5) is 0 Å². The Morgan fingerprint density at radius 1 is 1.33 bits per heavy atom. The molecule has 0 aliphatic carbocycles. The molecule has 0 fully saturated rings. The molecule has 0 aliphatic heterocycles. The molecule has 0 N–H and O–H groups in total. The summed E-state index contributed by atoms with van der Waals surface area (Å²) in [6, 6.07) is 7.13. The van der Waals surface area contributed by atoms with Gasteiger partial charge in [-0.3, -0.25) is 4.79 Å². The summed E-state index contributed by atoms with van der Waals surface area (Å²) in [6.45, 7) is 0. The zero-order valence-electron chi connectivity index (χ0n) is 6.20. The molecule has 1 nitrogen and oxygen atoms in total. The van der Waals surface area contributed by atoms with E-state index in [1.165, 1.54) is 6.08 Å². The molecule has 3 heteroatoms. The van der Waals surface area contributed by atoms with Crippen molar-refractivity contribution in [2.24, 2.45) is 0 Å². The van der Waals surface area contributed by atoms with Gasteiger partial charge in [-0.1, -0.05) is 23.7 Å². The van der Waals surface area contributed by atoms with Crippen LogP contribution in [0.3, 0.4) is 0 Å². The lowest BCUT2D eigenvalue weighted by molar-refractivity contribution is -0.104. The van der Waals surface area contributed by atoms with E-state index in [9.17, 15) is 4.79 Å². The zero-order valence-corrected chi connectivity index (χ0v) is 7.85. The number of rotatable bonds is 2. The standard InChI is InChI=1S/C9H7ClOS/c10-8-3-1-7(2-4-8)9(12)5-6-11/h1-6,12H/b9-5-. The van der Waals surface area contributed by atoms with Crippen LogP contribution in [-0.4, -0.2) is 6.29 Å². The van der Waals surface area contributed by atoms with E-state index in [0.717, 1.165) is 5.56 Å². The van der Waals surface area contributed by atoms with Gasteiger partial charge in [-0.15, -0.1) is 12.6 Å². The van der Waals surface area contributed by atoms with Crippen LogP contribution in [0.25, 0.3) is 4.91 Å². The second-order valence-electron chi connectivity index (χ2n) is 2.19. The minimum Gasteiger partial charge on any atom is -0.299 e. The molecule has 0 amide bonds. The fraction of sp³-hybridized carbons (Fsp3) is 0. The number of hydrogen-bond donors (Lipinski definition) is 1. The lowest BCUT2D eigenvalue weighted by Crippen LogP contribution is -1.76. The monoisotopic (exact) mass is 198 g/mol. The third-order valence-electron chi connectivity index (χ3n) is 1.37. The highest BCUT2D eigenvalue weighted by Gasteiger charge is 1.94. The van der Waals surface area contributed by atoms with Crippen molar-refractivity contribution in [1.29, 1.82) is 0 Å². The molecule has 0 aromatic heterocycles. The molecule has 62 valence electrons. The zero-order chi connectivity index (χ0) is 8.97. The SMILES string of the molecule is O=C/C=C(\S)c1ccc(Cl)cc1. The number of thiol groups is 1. The van der Waals surface area contributed by atoms with Gasteiger partial charge in [0.15, 0.2) is 0 Å². The van der Waals surface area contributed by atoms with Crippen molar-refractivity contribution in [2.75, 3.05) is 0 Å². The predicted molar refractivity (Wildman–Crippen MR) is 54.5 cm³/mol. The van der Waals surface area contributed by atoms with Crippen molar-refractivity contribution in [1.82, 2.24) is 0 Å². The molecule has 0 spiro atoms. The van der Waals surface area contributed by atoms with E-state index in [-0.39, 0.29) is 0 Å². The molecule has 0 atom stereocenters. The maximum atomic E-state index is 10.1. The quantitative estimate of drug-likeness (QED) is 0.439. The Balaban J connectivity index is 2.97. The van der Waals surface area contributed by atoms with E-state index < -0.39 is 0 Å². The number of benzene rings is 1. The number of hydrogen-bond acceptors (Lipinski definition) is 2. The van der Waals surface area contributed by atoms with Crippen LogP contribution in [0.5, 0.6) is 0 Å². The second-order valence-corrected chi connectivity index (χ2v) is 3.11. The largest absolute Gasteiger partial charge is 0.299 e. The smallest absolute Gasteiger partial charge is 0.143 e. The fourth-order valence-electron chi connectivity index (χ4n) is 0.781. The van der Waals surface area contributed by atoms with Gasteiger partial charge in [-0.05, 0) is 23.8 Å². The van der Waals surface area contributed by atoms with Gasteiger partial charge in [0.25, 0.3) is 0 Å². The van der Waals surface area contributed by atoms with E-state index >= 15 is 0 Å². The molecule has 0 heterocycles. The summed E-state index contributed by atoms with van der Waals surface area (Å²) < 4.78 is 0. The summed E-state index contributed by atoms with van der Waals surface area (Å²) in [5, 5.41) is 0.672. The average molecular weight is 199 g/mol. The Kier molecular flexibility index (Phi) is 3.38. The van der Waals surface area contributed by atoms with E-state index in [1.54, 1.807) is 12.1 Å². The van der Waals surface area contributed by atoms with Crippen molar-refractivity contribution < 1.29 is 4.79 Å². The topological polar surface area (TPSA) is 17.1 Å². The van der Waals surface area contributed by atoms with Gasteiger partial charge in [-0.2, -0.15) is 0 Å². The molecule has 0 bridgehead atoms. The first kappa shape index (κ1) is 9.36. The number of carbonyl (C=O) groups excluding carboxylic acids is 1. The van der Waals surface area contributed by atoms with E-state index in [1.807, 2.05) is 12.1 Å². The molecular formula is C9H7ClOS. The Hall–Kier alpha value is -0.730. The highest BCUT2D eigenvalue weighted by molar-refractivity contribution is 7.90. The van der Waals surface area contributed by atoms with Crippen LogP contribution in [0.1, 0.15) is 5.56 Å². The first-order valence-electron chi connectivity index (χ1n) is 3.34. The minimum absolute atomic E-state index is 0.640. The van der Waals surface area contributed by atoms with Crippen molar-refractivity contribution >= 4 is 35.4 Å². The second kappa shape index (κ2) is 4.33. The molecule has 0 radical (unpaired) electrons. The molecule has 12 heavy (non-hydrogen) atoms. The number of aldehydes is 1. The highest BCUT2D eigenvalue weighted by atomic mass is 35.5. The molecule has 1 aromatic rings. The molecule has 1 aromatic carbocycles. The average Bonchev–Trinajstić information content (AvgIpc) is 2.06. The fourth-order valence-corrected chi connectivity index (χ4v) is 1.12. The van der Waals surface area contributed by atoms with Crippen LogP contribution in [0, 0.1) is 0 Å². The Labute approximate surface area is 81.5 Å². The third kappa shape index (κ3) is 2.40. The summed E-state index contributed by atoms with van der Waals surface area (Å²) in [6.07, 6.45) is 2.10. The highest BCUT2D eigenvalue weighted by Crippen LogP contribution is 2.19. The van der Waals surface area contributed by atoms with Crippen LogP contribution in [-0.2, 0) is 4.79 Å². The summed E-state index contributed by atoms with van der Waals surface area (Å²) in [5.74, 6) is 0. The van der Waals surface area contributed by atoms with E-state index in [0.29, 0.717) is 16.2 Å². The molecular weight excluding hydrogens is 192 g/mol. The van der Waals surface area contributed by atoms with Gasteiger partial charge in [0.1, 0.15) is 6.29 Å². The molecule has 1 rings (SSSR count). The minimum atomic E-state index is 0.640. The summed E-state index contributed by atoms with van der Waals surface area (Å²) in [4.78, 5) is 10.7. The Morgan fingerprint density at radius 3 is 2.42 bits per heavy atom. The van der Waals surface area contributed by atoms with Crippen LogP contribution < -0.4 is 0 Å². The maximum Gasteiger partial charge on any atom is 0.143 e. The molecule has 0 unspecified atom stereocenters. The van der Waals surface area contributed by atoms with Gasteiger partial charge >= 0.3 is 0 Å². The summed E-state index contributed by atoms with van der Waals surface area (Å²) >= 11 is 9.80. The number of carbonyl (C=O) groups is 1. The number of allylic oxidation sites excluding steroid dienone is 1. The third-order valence-corrected chi connectivity index (χ3v) is 2.03. The first-order chi connectivity index (χ1) is 5.74. The van der Waals surface area contributed by atoms with Crippen molar-refractivity contribution in [3.05, 3.63) is 40.9 Å². The maximum absolute atomic E-state index is 10.1. The van der Waals surface area contributed by atoms with Gasteiger partial charge in [0.05, 0.1) is 0 Å². The lowest BCUT2D eigenvalue weighted by atomic mass is 10.2. The first-order valence-corrected chi connectivity index (χ1v) is 4.17. The van der Waals surface area contributed by atoms with Crippen molar-refractivity contribution in [3.8, 4) is 0 Å². The summed E-state index contributed by atoms with van der Waals surface area (Å²) in [5.41, 5.74) is 0.884. The van der Waals surface area contributed by atoms with Gasteiger partial charge in [-0.25, -0.2) is 0 Å². The van der Waals surface area contributed by atoms with Crippen molar-refractivity contribution in [2.45, 2.75) is 0 Å². The van der Waals surface area contributed by atoms with Gasteiger partial charge in [0, 0.05) is 9.93 Å². The van der Waals surface area contributed by atoms with Gasteiger partial charge in [0.2, 0.25) is 0 Å². The summed E-state index contributed by atoms with van der Waals surface area (Å²) in [7, 11) is 0. The Bertz CT molecular complexity index is 303. The lowest BCUT2D eigenvalue weighted by Gasteiger charge is -1.97. The van der Waals surface area contributed by atoms with Crippen LogP contribution in [0.15, 0.2) is 30.3 Å². The molecule has 0 saturated heterocycles. The van der Waals surface area contributed by atoms with E-state index in [4.69, 9.17) is 11.6 Å². The molecule has 0 aliphatic rings. The van der Waals surface area contributed by atoms with Crippen LogP contribution >= 0.6 is 24.2 Å².